The number of ether oxygens (including phenoxy) is 1. The van der Waals surface area contributed by atoms with Crippen LogP contribution in [0.15, 0.2) is 46.9 Å². The fourth-order valence-corrected chi connectivity index (χ4v) is 2.87. The Morgan fingerprint density at radius 1 is 1.25 bits per heavy atom. The second-order valence-corrected chi connectivity index (χ2v) is 6.54. The van der Waals surface area contributed by atoms with Crippen molar-refractivity contribution in [1.29, 1.82) is 0 Å². The van der Waals surface area contributed by atoms with E-state index in [2.05, 4.69) is 21.2 Å². The van der Waals surface area contributed by atoms with E-state index in [0.717, 1.165) is 11.3 Å². The van der Waals surface area contributed by atoms with E-state index in [-0.39, 0.29) is 17.5 Å². The number of methoxy groups -OCH3 is 1. The molecule has 0 spiro atoms. The maximum atomic E-state index is 13.4. The Bertz CT molecular complexity index is 684. The maximum absolute atomic E-state index is 13.4. The minimum Gasteiger partial charge on any atom is -0.497 e. The van der Waals surface area contributed by atoms with Crippen molar-refractivity contribution in [2.75, 3.05) is 27.7 Å². The lowest BCUT2D eigenvalue weighted by molar-refractivity contribution is 0.0941. The predicted molar refractivity (Wildman–Crippen MR) is 95.9 cm³/mol. The molecular weight excluding hydrogens is 375 g/mol. The summed E-state index contributed by atoms with van der Waals surface area (Å²) in [5.74, 6) is 0.0225. The Labute approximate surface area is 149 Å². The standard InChI is InChI=1S/C18H20BrFN2O2/c1-22(2)17(12-4-6-16(24-3)7-5-12)11-21-18(23)13-8-14(19)10-15(20)9-13/h4-10,17H,11H2,1-3H3,(H,21,23). The van der Waals surface area contributed by atoms with Crippen molar-refractivity contribution in [2.24, 2.45) is 0 Å². The molecule has 0 bridgehead atoms. The second-order valence-electron chi connectivity index (χ2n) is 5.62. The highest BCUT2D eigenvalue weighted by Crippen LogP contribution is 2.21. The SMILES string of the molecule is COc1ccc(C(CNC(=O)c2cc(F)cc(Br)c2)N(C)C)cc1. The van der Waals surface area contributed by atoms with Crippen molar-refractivity contribution in [2.45, 2.75) is 6.04 Å². The summed E-state index contributed by atoms with van der Waals surface area (Å²) in [4.78, 5) is 14.3. The summed E-state index contributed by atoms with van der Waals surface area (Å²) in [6.45, 7) is 0.409. The summed E-state index contributed by atoms with van der Waals surface area (Å²) in [7, 11) is 5.51. The van der Waals surface area contributed by atoms with Crippen LogP contribution in [-0.4, -0.2) is 38.6 Å². The minimum atomic E-state index is -0.450. The fraction of sp³-hybridized carbons (Fsp3) is 0.278. The van der Waals surface area contributed by atoms with E-state index in [1.807, 2.05) is 43.3 Å². The number of hydrogen-bond donors (Lipinski definition) is 1. The van der Waals surface area contributed by atoms with Gasteiger partial charge in [0.1, 0.15) is 11.6 Å². The Hall–Kier alpha value is -1.92. The third-order valence-corrected chi connectivity index (χ3v) is 4.16. The van der Waals surface area contributed by atoms with Crippen LogP contribution in [0.4, 0.5) is 4.39 Å². The van der Waals surface area contributed by atoms with Gasteiger partial charge < -0.3 is 15.0 Å². The van der Waals surface area contributed by atoms with Gasteiger partial charge in [0.25, 0.3) is 5.91 Å². The van der Waals surface area contributed by atoms with E-state index in [1.54, 1.807) is 13.2 Å². The first-order chi connectivity index (χ1) is 11.4. The quantitative estimate of drug-likeness (QED) is 0.813. The van der Waals surface area contributed by atoms with Crippen molar-refractivity contribution in [3.05, 3.63) is 63.9 Å². The van der Waals surface area contributed by atoms with Crippen molar-refractivity contribution in [3.8, 4) is 5.75 Å². The number of carbonyl (C=O) groups excluding carboxylic acids is 1. The molecule has 0 fully saturated rings. The normalized spacial score (nSPS) is 12.1. The van der Waals surface area contributed by atoms with Gasteiger partial charge >= 0.3 is 0 Å². The third kappa shape index (κ3) is 4.79. The Morgan fingerprint density at radius 3 is 2.46 bits per heavy atom. The Morgan fingerprint density at radius 2 is 1.92 bits per heavy atom. The van der Waals surface area contributed by atoms with Gasteiger partial charge in [-0.3, -0.25) is 4.79 Å². The molecule has 2 aromatic rings. The predicted octanol–water partition coefficient (Wildman–Crippen LogP) is 3.63. The first kappa shape index (κ1) is 18.4. The van der Waals surface area contributed by atoms with Crippen molar-refractivity contribution >= 4 is 21.8 Å². The van der Waals surface area contributed by atoms with Gasteiger partial charge in [0.2, 0.25) is 0 Å². The van der Waals surface area contributed by atoms with Gasteiger partial charge in [-0.2, -0.15) is 0 Å². The molecule has 0 saturated carbocycles. The molecule has 1 amide bonds. The molecule has 0 aliphatic heterocycles. The van der Waals surface area contributed by atoms with Gasteiger partial charge in [-0.15, -0.1) is 0 Å². The lowest BCUT2D eigenvalue weighted by Crippen LogP contribution is -2.34. The molecule has 24 heavy (non-hydrogen) atoms. The van der Waals surface area contributed by atoms with Crippen molar-refractivity contribution < 1.29 is 13.9 Å². The molecule has 2 aromatic carbocycles. The first-order valence-electron chi connectivity index (χ1n) is 7.45. The molecule has 2 rings (SSSR count). The molecule has 0 aliphatic rings. The third-order valence-electron chi connectivity index (χ3n) is 3.70. The van der Waals surface area contributed by atoms with Gasteiger partial charge in [0, 0.05) is 16.6 Å². The Kier molecular flexibility index (Phi) is 6.34. The van der Waals surface area contributed by atoms with Gasteiger partial charge in [0.15, 0.2) is 0 Å². The number of benzene rings is 2. The maximum Gasteiger partial charge on any atom is 0.251 e. The smallest absolute Gasteiger partial charge is 0.251 e. The zero-order valence-corrected chi connectivity index (χ0v) is 15.4. The molecular formula is C18H20BrFN2O2. The van der Waals surface area contributed by atoms with Gasteiger partial charge in [-0.05, 0) is 50.0 Å². The van der Waals surface area contributed by atoms with Gasteiger partial charge in [-0.1, -0.05) is 28.1 Å². The second kappa shape index (κ2) is 8.26. The van der Waals surface area contributed by atoms with Crippen LogP contribution in [-0.2, 0) is 0 Å². The van der Waals surface area contributed by atoms with Crippen LogP contribution in [0.2, 0.25) is 0 Å². The van der Waals surface area contributed by atoms with Gasteiger partial charge in [0.05, 0.1) is 13.2 Å². The molecule has 128 valence electrons. The van der Waals surface area contributed by atoms with Gasteiger partial charge in [-0.25, -0.2) is 4.39 Å². The fourth-order valence-electron chi connectivity index (χ4n) is 2.40. The zero-order valence-electron chi connectivity index (χ0n) is 13.8. The van der Waals surface area contributed by atoms with Crippen LogP contribution in [0.3, 0.4) is 0 Å². The van der Waals surface area contributed by atoms with E-state index >= 15 is 0 Å². The summed E-state index contributed by atoms with van der Waals surface area (Å²) >= 11 is 3.19. The highest BCUT2D eigenvalue weighted by molar-refractivity contribution is 9.10. The molecule has 6 heteroatoms. The molecule has 0 saturated heterocycles. The lowest BCUT2D eigenvalue weighted by Gasteiger charge is -2.25. The summed E-state index contributed by atoms with van der Waals surface area (Å²) in [6.07, 6.45) is 0. The zero-order chi connectivity index (χ0) is 17.7. The molecule has 1 unspecified atom stereocenters. The number of carbonyl (C=O) groups is 1. The lowest BCUT2D eigenvalue weighted by atomic mass is 10.1. The van der Waals surface area contributed by atoms with Crippen molar-refractivity contribution in [3.63, 3.8) is 0 Å². The van der Waals surface area contributed by atoms with E-state index in [4.69, 9.17) is 4.74 Å². The van der Waals surface area contributed by atoms with Crippen LogP contribution >= 0.6 is 15.9 Å². The molecule has 4 nitrogen and oxygen atoms in total. The number of rotatable bonds is 6. The van der Waals surface area contributed by atoms with E-state index in [1.165, 1.54) is 12.1 Å². The number of nitrogens with one attached hydrogen (secondary N) is 1. The highest BCUT2D eigenvalue weighted by Gasteiger charge is 2.16. The van der Waals surface area contributed by atoms with E-state index in [0.29, 0.717) is 11.0 Å². The average molecular weight is 395 g/mol. The highest BCUT2D eigenvalue weighted by atomic mass is 79.9. The van der Waals surface area contributed by atoms with Crippen LogP contribution < -0.4 is 10.1 Å². The topological polar surface area (TPSA) is 41.6 Å². The van der Waals surface area contributed by atoms with Crippen LogP contribution in [0, 0.1) is 5.82 Å². The molecule has 0 radical (unpaired) electrons. The van der Waals surface area contributed by atoms with E-state index < -0.39 is 5.82 Å². The van der Waals surface area contributed by atoms with Crippen LogP contribution in [0.5, 0.6) is 5.75 Å². The minimum absolute atomic E-state index is 0.00291. The summed E-state index contributed by atoms with van der Waals surface area (Å²) in [6, 6.07) is 11.8. The molecule has 1 atom stereocenters. The first-order valence-corrected chi connectivity index (χ1v) is 8.24. The average Bonchev–Trinajstić information content (AvgIpc) is 2.54. The number of nitrogens with zero attached hydrogens (tertiary/aromatic N) is 1. The Balaban J connectivity index is 2.09. The number of amides is 1. The number of hydrogen-bond acceptors (Lipinski definition) is 3. The van der Waals surface area contributed by atoms with Crippen molar-refractivity contribution in [1.82, 2.24) is 10.2 Å². The summed E-state index contributed by atoms with van der Waals surface area (Å²) in [5.41, 5.74) is 1.34. The molecule has 0 aliphatic carbocycles. The molecule has 1 N–H and O–H groups in total. The largest absolute Gasteiger partial charge is 0.497 e. The number of likely N-dealkylation sites (N-methyl/N-ethyl adjacent to an activating group) is 1. The summed E-state index contributed by atoms with van der Waals surface area (Å²) < 4.78 is 19.1. The number of halogens is 2. The molecule has 0 heterocycles. The van der Waals surface area contributed by atoms with E-state index in [9.17, 15) is 9.18 Å². The summed E-state index contributed by atoms with van der Waals surface area (Å²) in [5, 5.41) is 2.86. The molecule has 0 aromatic heterocycles. The monoisotopic (exact) mass is 394 g/mol. The van der Waals surface area contributed by atoms with Crippen LogP contribution in [0.25, 0.3) is 0 Å². The van der Waals surface area contributed by atoms with Crippen LogP contribution in [0.1, 0.15) is 22.0 Å².